The van der Waals surface area contributed by atoms with Crippen molar-refractivity contribution in [1.29, 1.82) is 0 Å². The molecule has 0 heterocycles. The van der Waals surface area contributed by atoms with Gasteiger partial charge in [-0.2, -0.15) is 0 Å². The molecule has 0 saturated heterocycles. The Hall–Kier alpha value is -1.39. The van der Waals surface area contributed by atoms with E-state index < -0.39 is 6.10 Å². The van der Waals surface area contributed by atoms with Gasteiger partial charge in [-0.1, -0.05) is 30.3 Å². The van der Waals surface area contributed by atoms with E-state index in [9.17, 15) is 9.90 Å². The highest BCUT2D eigenvalue weighted by Crippen LogP contribution is 2.06. The molecular formula is C13H20N2O2. The summed E-state index contributed by atoms with van der Waals surface area (Å²) in [6.07, 6.45) is 0.0348. The van der Waals surface area contributed by atoms with Crippen LogP contribution in [0.4, 0.5) is 0 Å². The number of carbonyl (C=O) groups is 1. The van der Waals surface area contributed by atoms with Gasteiger partial charge in [0.15, 0.2) is 0 Å². The molecule has 0 fully saturated rings. The van der Waals surface area contributed by atoms with Gasteiger partial charge in [0.25, 0.3) is 0 Å². The zero-order valence-electron chi connectivity index (χ0n) is 10.3. The molecular weight excluding hydrogens is 216 g/mol. The van der Waals surface area contributed by atoms with Crippen molar-refractivity contribution in [3.8, 4) is 0 Å². The molecule has 0 radical (unpaired) electrons. The van der Waals surface area contributed by atoms with E-state index in [4.69, 9.17) is 0 Å². The summed E-state index contributed by atoms with van der Waals surface area (Å²) in [4.78, 5) is 11.1. The minimum absolute atomic E-state index is 0.124. The molecule has 17 heavy (non-hydrogen) atoms. The van der Waals surface area contributed by atoms with Crippen LogP contribution in [0.25, 0.3) is 0 Å². The summed E-state index contributed by atoms with van der Waals surface area (Å²) in [5.74, 6) is -0.124. The molecule has 1 rings (SSSR count). The molecule has 1 aromatic rings. The minimum atomic E-state index is -0.593. The van der Waals surface area contributed by atoms with Crippen molar-refractivity contribution in [2.45, 2.75) is 25.5 Å². The fraction of sp³-hybridized carbons (Fsp3) is 0.462. The lowest BCUT2D eigenvalue weighted by atomic mass is 10.0. The Morgan fingerprint density at radius 3 is 2.53 bits per heavy atom. The van der Waals surface area contributed by atoms with Crippen LogP contribution < -0.4 is 10.6 Å². The summed E-state index contributed by atoms with van der Waals surface area (Å²) in [7, 11) is 1.77. The average Bonchev–Trinajstić information content (AvgIpc) is 2.29. The number of hydrogen-bond donors (Lipinski definition) is 3. The SMILES string of the molecule is CNCC(O)C(Cc1ccccc1)NC(C)=O. The van der Waals surface area contributed by atoms with E-state index >= 15 is 0 Å². The first-order chi connectivity index (χ1) is 8.13. The molecule has 0 aliphatic rings. The molecule has 0 spiro atoms. The Labute approximate surface area is 102 Å². The van der Waals surface area contributed by atoms with Gasteiger partial charge >= 0.3 is 0 Å². The second-order valence-corrected chi connectivity index (χ2v) is 4.12. The predicted octanol–water partition coefficient (Wildman–Crippen LogP) is 0.314. The van der Waals surface area contributed by atoms with Gasteiger partial charge in [-0.15, -0.1) is 0 Å². The molecule has 4 heteroatoms. The van der Waals surface area contributed by atoms with Gasteiger partial charge in [0.1, 0.15) is 0 Å². The monoisotopic (exact) mass is 236 g/mol. The number of hydrogen-bond acceptors (Lipinski definition) is 3. The van der Waals surface area contributed by atoms with Gasteiger partial charge in [-0.25, -0.2) is 0 Å². The van der Waals surface area contributed by atoms with Crippen LogP contribution in [0.15, 0.2) is 30.3 Å². The highest BCUT2D eigenvalue weighted by Gasteiger charge is 2.19. The Balaban J connectivity index is 2.66. The van der Waals surface area contributed by atoms with E-state index in [1.807, 2.05) is 30.3 Å². The van der Waals surface area contributed by atoms with Gasteiger partial charge in [0.05, 0.1) is 12.1 Å². The third-order valence-corrected chi connectivity index (χ3v) is 2.56. The molecule has 4 nitrogen and oxygen atoms in total. The average molecular weight is 236 g/mol. The molecule has 2 unspecified atom stereocenters. The Kier molecular flexibility index (Phi) is 5.66. The van der Waals surface area contributed by atoms with E-state index in [2.05, 4.69) is 10.6 Å². The van der Waals surface area contributed by atoms with Crippen LogP contribution in [0.2, 0.25) is 0 Å². The third kappa shape index (κ3) is 4.97. The maximum atomic E-state index is 11.1. The van der Waals surface area contributed by atoms with Crippen molar-refractivity contribution in [2.75, 3.05) is 13.6 Å². The van der Waals surface area contributed by atoms with Crippen LogP contribution in [-0.4, -0.2) is 36.8 Å². The van der Waals surface area contributed by atoms with Gasteiger partial charge < -0.3 is 15.7 Å². The van der Waals surface area contributed by atoms with Crippen molar-refractivity contribution in [3.63, 3.8) is 0 Å². The summed E-state index contributed by atoms with van der Waals surface area (Å²) in [5, 5.41) is 15.6. The number of likely N-dealkylation sites (N-methyl/N-ethyl adjacent to an activating group) is 1. The van der Waals surface area contributed by atoms with Crippen molar-refractivity contribution in [3.05, 3.63) is 35.9 Å². The Bertz CT molecular complexity index is 341. The van der Waals surface area contributed by atoms with E-state index in [1.54, 1.807) is 7.05 Å². The van der Waals surface area contributed by atoms with Gasteiger partial charge in [-0.3, -0.25) is 4.79 Å². The number of amides is 1. The van der Waals surface area contributed by atoms with Crippen LogP contribution in [0.3, 0.4) is 0 Å². The number of aliphatic hydroxyl groups excluding tert-OH is 1. The fourth-order valence-electron chi connectivity index (χ4n) is 1.76. The smallest absolute Gasteiger partial charge is 0.217 e. The number of nitrogens with one attached hydrogen (secondary N) is 2. The predicted molar refractivity (Wildman–Crippen MR) is 67.7 cm³/mol. The third-order valence-electron chi connectivity index (χ3n) is 2.56. The maximum Gasteiger partial charge on any atom is 0.217 e. The molecule has 94 valence electrons. The van der Waals surface area contributed by atoms with E-state index in [1.165, 1.54) is 6.92 Å². The molecule has 1 amide bonds. The van der Waals surface area contributed by atoms with Crippen molar-refractivity contribution >= 4 is 5.91 Å². The van der Waals surface area contributed by atoms with E-state index in [-0.39, 0.29) is 11.9 Å². The number of aliphatic hydroxyl groups is 1. The Morgan fingerprint density at radius 2 is 2.00 bits per heavy atom. The van der Waals surface area contributed by atoms with Crippen LogP contribution in [0, 0.1) is 0 Å². The first-order valence-electron chi connectivity index (χ1n) is 5.77. The lowest BCUT2D eigenvalue weighted by Crippen LogP contribution is -2.47. The summed E-state index contributed by atoms with van der Waals surface area (Å²) in [5.41, 5.74) is 1.10. The lowest BCUT2D eigenvalue weighted by molar-refractivity contribution is -0.120. The first kappa shape index (κ1) is 13.7. The topological polar surface area (TPSA) is 61.4 Å². The molecule has 1 aromatic carbocycles. The van der Waals surface area contributed by atoms with Crippen molar-refractivity contribution < 1.29 is 9.90 Å². The van der Waals surface area contributed by atoms with Gasteiger partial charge in [0, 0.05) is 13.5 Å². The summed E-state index contributed by atoms with van der Waals surface area (Å²) < 4.78 is 0. The standard InChI is InChI=1S/C13H20N2O2/c1-10(16)15-12(13(17)9-14-2)8-11-6-4-3-5-7-11/h3-7,12-14,17H,8-9H2,1-2H3,(H,15,16). The van der Waals surface area contributed by atoms with E-state index in [0.29, 0.717) is 13.0 Å². The minimum Gasteiger partial charge on any atom is -0.390 e. The molecule has 0 aromatic heterocycles. The lowest BCUT2D eigenvalue weighted by Gasteiger charge is -2.23. The second-order valence-electron chi connectivity index (χ2n) is 4.12. The zero-order chi connectivity index (χ0) is 12.7. The Morgan fingerprint density at radius 1 is 1.35 bits per heavy atom. The first-order valence-corrected chi connectivity index (χ1v) is 5.77. The highest BCUT2D eigenvalue weighted by molar-refractivity contribution is 5.73. The summed E-state index contributed by atoms with van der Waals surface area (Å²) >= 11 is 0. The highest BCUT2D eigenvalue weighted by atomic mass is 16.3. The zero-order valence-corrected chi connectivity index (χ0v) is 10.3. The largest absolute Gasteiger partial charge is 0.390 e. The molecule has 3 N–H and O–H groups in total. The van der Waals surface area contributed by atoms with Crippen molar-refractivity contribution in [2.24, 2.45) is 0 Å². The molecule has 0 aliphatic carbocycles. The quantitative estimate of drug-likeness (QED) is 0.666. The summed E-state index contributed by atoms with van der Waals surface area (Å²) in [6, 6.07) is 9.56. The van der Waals surface area contributed by atoms with Gasteiger partial charge in [0.2, 0.25) is 5.91 Å². The van der Waals surface area contributed by atoms with Crippen LogP contribution in [0.5, 0.6) is 0 Å². The van der Waals surface area contributed by atoms with Crippen LogP contribution in [-0.2, 0) is 11.2 Å². The molecule has 2 atom stereocenters. The molecule has 0 saturated carbocycles. The van der Waals surface area contributed by atoms with Crippen LogP contribution >= 0.6 is 0 Å². The maximum absolute atomic E-state index is 11.1. The van der Waals surface area contributed by atoms with Crippen LogP contribution in [0.1, 0.15) is 12.5 Å². The number of benzene rings is 1. The fourth-order valence-corrected chi connectivity index (χ4v) is 1.76. The number of carbonyl (C=O) groups excluding carboxylic acids is 1. The normalized spacial score (nSPS) is 14.1. The number of rotatable bonds is 6. The van der Waals surface area contributed by atoms with Gasteiger partial charge in [-0.05, 0) is 19.0 Å². The van der Waals surface area contributed by atoms with E-state index in [0.717, 1.165) is 5.56 Å². The second kappa shape index (κ2) is 7.04. The molecule has 0 aliphatic heterocycles. The van der Waals surface area contributed by atoms with Crippen molar-refractivity contribution in [1.82, 2.24) is 10.6 Å². The summed E-state index contributed by atoms with van der Waals surface area (Å²) in [6.45, 7) is 1.92. The molecule has 0 bridgehead atoms.